The highest BCUT2D eigenvalue weighted by Crippen LogP contribution is 2.24. The topological polar surface area (TPSA) is 65.2 Å². The van der Waals surface area contributed by atoms with E-state index in [-0.39, 0.29) is 12.4 Å². The van der Waals surface area contributed by atoms with Gasteiger partial charge in [-0.25, -0.2) is 4.98 Å². The molecule has 0 unspecified atom stereocenters. The highest BCUT2D eigenvalue weighted by molar-refractivity contribution is 7.13. The summed E-state index contributed by atoms with van der Waals surface area (Å²) in [6.07, 6.45) is 0.210. The summed E-state index contributed by atoms with van der Waals surface area (Å²) < 4.78 is 4.59. The molecule has 1 aromatic carbocycles. The lowest BCUT2D eigenvalue weighted by molar-refractivity contribution is -0.139. The summed E-state index contributed by atoms with van der Waals surface area (Å²) >= 11 is 1.50. The number of rotatable bonds is 3. The summed E-state index contributed by atoms with van der Waals surface area (Å²) in [6, 6.07) is 7.49. The zero-order chi connectivity index (χ0) is 12.3. The van der Waals surface area contributed by atoms with Gasteiger partial charge >= 0.3 is 5.97 Å². The summed E-state index contributed by atoms with van der Waals surface area (Å²) in [4.78, 5) is 15.5. The zero-order valence-corrected chi connectivity index (χ0v) is 10.2. The van der Waals surface area contributed by atoms with Gasteiger partial charge in [-0.1, -0.05) is 0 Å². The highest BCUT2D eigenvalue weighted by atomic mass is 32.1. The minimum atomic E-state index is -0.279. The second-order valence-corrected chi connectivity index (χ2v) is 4.38. The number of carbonyl (C=O) groups is 1. The van der Waals surface area contributed by atoms with Crippen LogP contribution in [0.4, 0.5) is 5.69 Å². The molecular formula is C12H12N2O2S. The van der Waals surface area contributed by atoms with Crippen molar-refractivity contribution in [1.29, 1.82) is 0 Å². The van der Waals surface area contributed by atoms with Crippen LogP contribution in [-0.4, -0.2) is 18.1 Å². The quantitative estimate of drug-likeness (QED) is 0.667. The van der Waals surface area contributed by atoms with Gasteiger partial charge in [0.05, 0.1) is 19.2 Å². The number of hydrogen-bond acceptors (Lipinski definition) is 5. The molecule has 0 bridgehead atoms. The minimum Gasteiger partial charge on any atom is -0.469 e. The third-order valence-corrected chi connectivity index (χ3v) is 3.20. The summed E-state index contributed by atoms with van der Waals surface area (Å²) in [5.74, 6) is -0.279. The maximum absolute atomic E-state index is 11.1. The number of methoxy groups -OCH3 is 1. The Hall–Kier alpha value is -1.88. The molecule has 2 rings (SSSR count). The third-order valence-electron chi connectivity index (χ3n) is 2.26. The van der Waals surface area contributed by atoms with Crippen LogP contribution in [0.3, 0.4) is 0 Å². The van der Waals surface area contributed by atoms with E-state index in [0.717, 1.165) is 22.0 Å². The summed E-state index contributed by atoms with van der Waals surface area (Å²) in [6.45, 7) is 0. The monoisotopic (exact) mass is 248 g/mol. The van der Waals surface area contributed by atoms with Crippen LogP contribution in [0.15, 0.2) is 29.6 Å². The molecule has 2 N–H and O–H groups in total. The number of ether oxygens (including phenoxy) is 1. The maximum Gasteiger partial charge on any atom is 0.311 e. The number of nitrogens with zero attached hydrogens (tertiary/aromatic N) is 1. The summed E-state index contributed by atoms with van der Waals surface area (Å²) in [5, 5.41) is 2.74. The van der Waals surface area contributed by atoms with Crippen LogP contribution in [0.5, 0.6) is 0 Å². The van der Waals surface area contributed by atoms with E-state index in [0.29, 0.717) is 0 Å². The van der Waals surface area contributed by atoms with E-state index < -0.39 is 0 Å². The number of anilines is 1. The SMILES string of the molecule is COC(=O)Cc1csc(-c2ccc(N)cc2)n1. The van der Waals surface area contributed by atoms with Crippen molar-refractivity contribution in [2.75, 3.05) is 12.8 Å². The van der Waals surface area contributed by atoms with E-state index >= 15 is 0 Å². The molecule has 0 aliphatic heterocycles. The molecule has 0 saturated carbocycles. The molecule has 0 spiro atoms. The predicted octanol–water partition coefficient (Wildman–Crippen LogP) is 2.11. The molecule has 0 aliphatic rings. The Balaban J connectivity index is 2.18. The minimum absolute atomic E-state index is 0.210. The van der Waals surface area contributed by atoms with Crippen LogP contribution in [0.2, 0.25) is 0 Å². The van der Waals surface area contributed by atoms with E-state index in [9.17, 15) is 4.79 Å². The van der Waals surface area contributed by atoms with Crippen LogP contribution >= 0.6 is 11.3 Å². The van der Waals surface area contributed by atoms with Gasteiger partial charge in [-0.05, 0) is 24.3 Å². The van der Waals surface area contributed by atoms with Gasteiger partial charge in [0.15, 0.2) is 0 Å². The normalized spacial score (nSPS) is 10.2. The zero-order valence-electron chi connectivity index (χ0n) is 9.34. The molecule has 0 radical (unpaired) electrons. The Morgan fingerprint density at radius 3 is 2.76 bits per heavy atom. The molecule has 0 amide bonds. The van der Waals surface area contributed by atoms with Gasteiger partial charge in [-0.2, -0.15) is 0 Å². The first kappa shape index (κ1) is 11.6. The third kappa shape index (κ3) is 2.82. The van der Waals surface area contributed by atoms with Crippen molar-refractivity contribution >= 4 is 23.0 Å². The van der Waals surface area contributed by atoms with Crippen LogP contribution in [0.1, 0.15) is 5.69 Å². The van der Waals surface area contributed by atoms with Crippen LogP contribution in [-0.2, 0) is 16.0 Å². The van der Waals surface area contributed by atoms with Gasteiger partial charge in [0.2, 0.25) is 0 Å². The number of thiazole rings is 1. The second kappa shape index (κ2) is 4.97. The standard InChI is InChI=1S/C12H12N2O2S/c1-16-11(15)6-10-7-17-12(14-10)8-2-4-9(13)5-3-8/h2-5,7H,6,13H2,1H3. The van der Waals surface area contributed by atoms with Crippen molar-refractivity contribution in [2.24, 2.45) is 0 Å². The first-order valence-electron chi connectivity index (χ1n) is 5.06. The molecule has 5 heteroatoms. The fourth-order valence-electron chi connectivity index (χ4n) is 1.37. The van der Waals surface area contributed by atoms with Gasteiger partial charge < -0.3 is 10.5 Å². The average molecular weight is 248 g/mol. The molecule has 88 valence electrons. The Morgan fingerprint density at radius 1 is 1.41 bits per heavy atom. The van der Waals surface area contributed by atoms with Crippen LogP contribution in [0.25, 0.3) is 10.6 Å². The van der Waals surface area contributed by atoms with Gasteiger partial charge in [0, 0.05) is 16.6 Å². The molecule has 0 fully saturated rings. The lowest BCUT2D eigenvalue weighted by atomic mass is 10.2. The molecule has 0 aliphatic carbocycles. The molecule has 4 nitrogen and oxygen atoms in total. The van der Waals surface area contributed by atoms with Gasteiger partial charge in [0.25, 0.3) is 0 Å². The first-order chi connectivity index (χ1) is 8.19. The van der Waals surface area contributed by atoms with Gasteiger partial charge in [-0.3, -0.25) is 4.79 Å². The Labute approximate surface area is 103 Å². The number of hydrogen-bond donors (Lipinski definition) is 1. The van der Waals surface area contributed by atoms with Crippen LogP contribution in [0, 0.1) is 0 Å². The van der Waals surface area contributed by atoms with E-state index in [4.69, 9.17) is 5.73 Å². The Kier molecular flexibility index (Phi) is 3.39. The van der Waals surface area contributed by atoms with Gasteiger partial charge in [0.1, 0.15) is 5.01 Å². The van der Waals surface area contributed by atoms with Crippen molar-refractivity contribution in [3.8, 4) is 10.6 Å². The van der Waals surface area contributed by atoms with Crippen molar-refractivity contribution in [1.82, 2.24) is 4.98 Å². The van der Waals surface area contributed by atoms with Crippen molar-refractivity contribution in [2.45, 2.75) is 6.42 Å². The Bertz CT molecular complexity index is 520. The van der Waals surface area contributed by atoms with E-state index in [1.54, 1.807) is 0 Å². The largest absolute Gasteiger partial charge is 0.469 e. The van der Waals surface area contributed by atoms with Crippen molar-refractivity contribution < 1.29 is 9.53 Å². The average Bonchev–Trinajstić information content (AvgIpc) is 2.78. The molecule has 0 atom stereocenters. The fraction of sp³-hybridized carbons (Fsp3) is 0.167. The Morgan fingerprint density at radius 2 is 2.12 bits per heavy atom. The predicted molar refractivity (Wildman–Crippen MR) is 67.7 cm³/mol. The molecular weight excluding hydrogens is 236 g/mol. The number of nitrogens with two attached hydrogens (primary N) is 1. The number of nitrogen functional groups attached to an aromatic ring is 1. The fourth-order valence-corrected chi connectivity index (χ4v) is 2.19. The van der Waals surface area contributed by atoms with E-state index in [1.807, 2.05) is 29.6 Å². The molecule has 0 saturated heterocycles. The summed E-state index contributed by atoms with van der Waals surface area (Å²) in [7, 11) is 1.37. The van der Waals surface area contributed by atoms with Crippen LogP contribution < -0.4 is 5.73 Å². The number of benzene rings is 1. The summed E-state index contributed by atoms with van der Waals surface area (Å²) in [5.41, 5.74) is 8.07. The lowest BCUT2D eigenvalue weighted by Crippen LogP contribution is -2.04. The lowest BCUT2D eigenvalue weighted by Gasteiger charge is -1.97. The second-order valence-electron chi connectivity index (χ2n) is 3.52. The van der Waals surface area contributed by atoms with Gasteiger partial charge in [-0.15, -0.1) is 11.3 Å². The molecule has 1 heterocycles. The van der Waals surface area contributed by atoms with Crippen molar-refractivity contribution in [3.63, 3.8) is 0 Å². The van der Waals surface area contributed by atoms with Crippen molar-refractivity contribution in [3.05, 3.63) is 35.3 Å². The molecule has 17 heavy (non-hydrogen) atoms. The van der Waals surface area contributed by atoms with E-state index in [2.05, 4.69) is 9.72 Å². The first-order valence-corrected chi connectivity index (χ1v) is 5.94. The number of aromatic nitrogens is 1. The molecule has 1 aromatic heterocycles. The number of esters is 1. The smallest absolute Gasteiger partial charge is 0.311 e. The molecule has 2 aromatic rings. The van der Waals surface area contributed by atoms with E-state index in [1.165, 1.54) is 18.4 Å². The highest BCUT2D eigenvalue weighted by Gasteiger charge is 2.08. The maximum atomic E-state index is 11.1. The number of carbonyl (C=O) groups excluding carboxylic acids is 1.